The molecule has 1 atom stereocenters. The van der Waals surface area contributed by atoms with Crippen LogP contribution in [0.5, 0.6) is 0 Å². The molecule has 0 aromatic heterocycles. The number of hydrogen-bond donors (Lipinski definition) is 3. The van der Waals surface area contributed by atoms with Crippen LogP contribution in [0.2, 0.25) is 0 Å². The van der Waals surface area contributed by atoms with Crippen molar-refractivity contribution in [3.8, 4) is 0 Å². The molecule has 0 heterocycles. The number of anilines is 1. The highest BCUT2D eigenvalue weighted by molar-refractivity contribution is 7.92. The van der Waals surface area contributed by atoms with Crippen LogP contribution in [0.25, 0.3) is 0 Å². The highest BCUT2D eigenvalue weighted by Crippen LogP contribution is 2.18. The van der Waals surface area contributed by atoms with Crippen LogP contribution in [0.15, 0.2) is 53.4 Å². The maximum absolute atomic E-state index is 13.0. The van der Waals surface area contributed by atoms with Crippen molar-refractivity contribution >= 4 is 33.6 Å². The molecule has 2 rings (SSSR count). The van der Waals surface area contributed by atoms with Crippen LogP contribution >= 0.6 is 0 Å². The van der Waals surface area contributed by atoms with Gasteiger partial charge in [0.05, 0.1) is 10.5 Å². The molecule has 0 saturated carbocycles. The lowest BCUT2D eigenvalue weighted by Crippen LogP contribution is -2.50. The number of nitrogens with one attached hydrogen (secondary N) is 3. The second kappa shape index (κ2) is 9.77. The smallest absolute Gasteiger partial charge is 0.338 e. The van der Waals surface area contributed by atoms with Crippen LogP contribution in [0, 0.1) is 5.82 Å². The summed E-state index contributed by atoms with van der Waals surface area (Å²) in [5, 5.41) is 4.59. The lowest BCUT2D eigenvalue weighted by Gasteiger charge is -2.21. The predicted molar refractivity (Wildman–Crippen MR) is 115 cm³/mol. The van der Waals surface area contributed by atoms with E-state index in [0.717, 1.165) is 18.2 Å². The summed E-state index contributed by atoms with van der Waals surface area (Å²) >= 11 is 0. The zero-order valence-corrected chi connectivity index (χ0v) is 18.7. The van der Waals surface area contributed by atoms with Crippen molar-refractivity contribution in [1.82, 2.24) is 10.6 Å². The number of sulfonamides is 1. The maximum Gasteiger partial charge on any atom is 0.338 e. The molecule has 0 saturated heterocycles. The Kier molecular flexibility index (Phi) is 7.57. The van der Waals surface area contributed by atoms with Crippen molar-refractivity contribution in [2.75, 3.05) is 4.72 Å². The number of esters is 1. The average molecular weight is 466 g/mol. The van der Waals surface area contributed by atoms with E-state index in [-0.39, 0.29) is 16.1 Å². The van der Waals surface area contributed by atoms with Crippen molar-refractivity contribution in [2.45, 2.75) is 44.2 Å². The monoisotopic (exact) mass is 465 g/mol. The number of carbonyl (C=O) groups is 3. The molecule has 0 fully saturated rings. The lowest BCUT2D eigenvalue weighted by atomic mass is 10.1. The zero-order valence-electron chi connectivity index (χ0n) is 17.9. The molecular formula is C21H24FN3O6S. The Morgan fingerprint density at radius 3 is 2.25 bits per heavy atom. The minimum atomic E-state index is -4.07. The normalized spacial score (nSPS) is 12.4. The average Bonchev–Trinajstić information content (AvgIpc) is 2.68. The number of ether oxygens (including phenoxy) is 1. The number of benzene rings is 2. The van der Waals surface area contributed by atoms with Gasteiger partial charge in [-0.15, -0.1) is 0 Å². The molecule has 2 aromatic carbocycles. The van der Waals surface area contributed by atoms with E-state index in [1.165, 1.54) is 37.3 Å². The van der Waals surface area contributed by atoms with Gasteiger partial charge in [-0.25, -0.2) is 22.4 Å². The van der Waals surface area contributed by atoms with Crippen LogP contribution in [-0.2, 0) is 19.6 Å². The van der Waals surface area contributed by atoms with Crippen LogP contribution in [0.4, 0.5) is 14.9 Å². The summed E-state index contributed by atoms with van der Waals surface area (Å²) in [7, 11) is -4.07. The number of rotatable bonds is 6. The van der Waals surface area contributed by atoms with E-state index < -0.39 is 45.4 Å². The Morgan fingerprint density at radius 2 is 1.66 bits per heavy atom. The van der Waals surface area contributed by atoms with Gasteiger partial charge in [-0.05, 0) is 70.2 Å². The topological polar surface area (TPSA) is 131 Å². The molecule has 32 heavy (non-hydrogen) atoms. The predicted octanol–water partition coefficient (Wildman–Crippen LogP) is 2.80. The van der Waals surface area contributed by atoms with Crippen LogP contribution in [-0.4, -0.2) is 38.0 Å². The first-order valence-electron chi connectivity index (χ1n) is 9.49. The van der Waals surface area contributed by atoms with E-state index in [1.807, 2.05) is 0 Å². The van der Waals surface area contributed by atoms with Gasteiger partial charge in [0.2, 0.25) is 0 Å². The fourth-order valence-electron chi connectivity index (χ4n) is 2.39. The molecule has 0 aliphatic carbocycles. The third-order valence-corrected chi connectivity index (χ3v) is 5.23. The molecule has 2 aromatic rings. The molecule has 0 aliphatic heterocycles. The van der Waals surface area contributed by atoms with Gasteiger partial charge in [-0.1, -0.05) is 6.07 Å². The summed E-state index contributed by atoms with van der Waals surface area (Å²) < 4.78 is 45.4. The Morgan fingerprint density at radius 1 is 1.03 bits per heavy atom. The fraction of sp³-hybridized carbons (Fsp3) is 0.286. The Labute approximate surface area is 185 Å². The van der Waals surface area contributed by atoms with E-state index in [2.05, 4.69) is 15.4 Å². The zero-order chi connectivity index (χ0) is 24.1. The first-order chi connectivity index (χ1) is 14.8. The van der Waals surface area contributed by atoms with Gasteiger partial charge in [0.15, 0.2) is 6.10 Å². The van der Waals surface area contributed by atoms with Crippen LogP contribution in [0.1, 0.15) is 38.1 Å². The van der Waals surface area contributed by atoms with Gasteiger partial charge in [0.25, 0.3) is 15.9 Å². The van der Waals surface area contributed by atoms with E-state index in [9.17, 15) is 27.2 Å². The Hall–Kier alpha value is -3.47. The van der Waals surface area contributed by atoms with E-state index in [4.69, 9.17) is 4.74 Å². The molecule has 3 N–H and O–H groups in total. The van der Waals surface area contributed by atoms with Crippen LogP contribution < -0.4 is 15.4 Å². The molecule has 0 radical (unpaired) electrons. The molecule has 11 heteroatoms. The summed E-state index contributed by atoms with van der Waals surface area (Å²) in [6.07, 6.45) is -1.31. The fourth-order valence-corrected chi connectivity index (χ4v) is 3.49. The summed E-state index contributed by atoms with van der Waals surface area (Å²) in [5.41, 5.74) is -0.554. The van der Waals surface area contributed by atoms with Crippen molar-refractivity contribution in [3.63, 3.8) is 0 Å². The van der Waals surface area contributed by atoms with E-state index in [1.54, 1.807) is 20.8 Å². The maximum atomic E-state index is 13.0. The minimum absolute atomic E-state index is 0.120. The van der Waals surface area contributed by atoms with Crippen LogP contribution in [0.3, 0.4) is 0 Å². The molecule has 0 bridgehead atoms. The van der Waals surface area contributed by atoms with Gasteiger partial charge in [-0.3, -0.25) is 14.8 Å². The quantitative estimate of drug-likeness (QED) is 0.563. The molecular weight excluding hydrogens is 441 g/mol. The Bertz CT molecular complexity index is 1110. The first kappa shape index (κ1) is 24.8. The SMILES string of the molecule is CC(OC(=O)c1cccc(S(=O)(=O)Nc2ccc(F)cc2)c1)C(=O)NC(=O)NC(C)(C)C. The minimum Gasteiger partial charge on any atom is -0.449 e. The molecule has 0 aliphatic rings. The summed E-state index contributed by atoms with van der Waals surface area (Å²) in [6, 6.07) is 8.93. The standard InChI is InChI=1S/C21H24FN3O6S/c1-13(18(26)23-20(28)24-21(2,3)4)31-19(27)14-6-5-7-17(12-14)32(29,30)25-16-10-8-15(22)9-11-16/h5-13,25H,1-4H3,(H2,23,24,26,28). The van der Waals surface area contributed by atoms with Gasteiger partial charge < -0.3 is 10.1 Å². The third kappa shape index (κ3) is 7.34. The number of amides is 3. The van der Waals surface area contributed by atoms with Gasteiger partial charge in [0, 0.05) is 11.2 Å². The van der Waals surface area contributed by atoms with Crippen molar-refractivity contribution in [2.24, 2.45) is 0 Å². The summed E-state index contributed by atoms with van der Waals surface area (Å²) in [4.78, 5) is 36.0. The highest BCUT2D eigenvalue weighted by Gasteiger charge is 2.24. The number of halogens is 1. The number of carbonyl (C=O) groups excluding carboxylic acids is 3. The molecule has 3 amide bonds. The van der Waals surface area contributed by atoms with Crippen molar-refractivity contribution in [1.29, 1.82) is 0 Å². The number of hydrogen-bond acceptors (Lipinski definition) is 6. The highest BCUT2D eigenvalue weighted by atomic mass is 32.2. The third-order valence-electron chi connectivity index (χ3n) is 3.85. The van der Waals surface area contributed by atoms with Gasteiger partial charge >= 0.3 is 12.0 Å². The Balaban J connectivity index is 2.07. The largest absolute Gasteiger partial charge is 0.449 e. The van der Waals surface area contributed by atoms with Gasteiger partial charge in [-0.2, -0.15) is 0 Å². The first-order valence-corrected chi connectivity index (χ1v) is 11.0. The molecule has 0 spiro atoms. The number of imide groups is 1. The van der Waals surface area contributed by atoms with E-state index in [0.29, 0.717) is 0 Å². The second-order valence-corrected chi connectivity index (χ2v) is 9.56. The van der Waals surface area contributed by atoms with Crippen molar-refractivity contribution < 1.29 is 31.9 Å². The van der Waals surface area contributed by atoms with Gasteiger partial charge in [0.1, 0.15) is 5.82 Å². The van der Waals surface area contributed by atoms with E-state index >= 15 is 0 Å². The number of urea groups is 1. The molecule has 9 nitrogen and oxygen atoms in total. The summed E-state index contributed by atoms with van der Waals surface area (Å²) in [6.45, 7) is 6.46. The van der Waals surface area contributed by atoms with Crippen molar-refractivity contribution in [3.05, 3.63) is 59.9 Å². The lowest BCUT2D eigenvalue weighted by molar-refractivity contribution is -0.127. The molecule has 172 valence electrons. The molecule has 1 unspecified atom stereocenters. The summed E-state index contributed by atoms with van der Waals surface area (Å²) in [5.74, 6) is -2.32. The second-order valence-electron chi connectivity index (χ2n) is 7.88.